The molecule has 6 rings (SSSR count). The molecule has 1 fully saturated rings. The van der Waals surface area contributed by atoms with Crippen molar-refractivity contribution in [3.63, 3.8) is 0 Å². The first kappa shape index (κ1) is 34.3. The summed E-state index contributed by atoms with van der Waals surface area (Å²) in [6.07, 6.45) is 2.12. The molecule has 1 atom stereocenters. The minimum Gasteiger partial charge on any atom is -0.326 e. The number of carbonyl (C=O) groups excluding carboxylic acids is 1. The van der Waals surface area contributed by atoms with Crippen LogP contribution in [0.2, 0.25) is 10.0 Å². The lowest BCUT2D eigenvalue weighted by molar-refractivity contribution is -0.137. The van der Waals surface area contributed by atoms with E-state index in [9.17, 15) is 26.4 Å². The maximum atomic E-state index is 13.2. The molecule has 0 bridgehead atoms. The molecule has 2 heterocycles. The second kappa shape index (κ2) is 13.7. The Bertz CT molecular complexity index is 2150. The third-order valence-corrected chi connectivity index (χ3v) is 10.0. The van der Waals surface area contributed by atoms with Crippen LogP contribution < -0.4 is 9.03 Å². The highest BCUT2D eigenvalue weighted by Crippen LogP contribution is 2.33. The zero-order chi connectivity index (χ0) is 34.9. The lowest BCUT2D eigenvalue weighted by Gasteiger charge is -2.22. The molecule has 0 radical (unpaired) electrons. The van der Waals surface area contributed by atoms with Crippen molar-refractivity contribution in [2.24, 2.45) is 0 Å². The van der Waals surface area contributed by atoms with E-state index in [1.54, 1.807) is 60.7 Å². The van der Waals surface area contributed by atoms with Gasteiger partial charge in [-0.2, -0.15) is 21.6 Å². The van der Waals surface area contributed by atoms with Crippen LogP contribution in [0.4, 0.5) is 18.9 Å². The van der Waals surface area contributed by atoms with Crippen molar-refractivity contribution in [3.05, 3.63) is 130 Å². The van der Waals surface area contributed by atoms with Crippen molar-refractivity contribution in [2.75, 3.05) is 4.31 Å². The summed E-state index contributed by atoms with van der Waals surface area (Å²) in [5.74, 6) is 0.0476. The molecule has 7 nitrogen and oxygen atoms in total. The SMILES string of the molecule is CCCC1C(=O)NS(=O)(=O)N1c1ccc(Cn2cc(-c3ccc(Cl)cc3Cl)nc2C=Cc2ccc(-c3cccc(C(F)(F)F)c3)cc2)cc1. The largest absolute Gasteiger partial charge is 0.416 e. The van der Waals surface area contributed by atoms with Gasteiger partial charge in [-0.15, -0.1) is 0 Å². The van der Waals surface area contributed by atoms with Crippen molar-refractivity contribution in [2.45, 2.75) is 38.5 Å². The maximum Gasteiger partial charge on any atom is 0.416 e. The number of halogens is 5. The number of alkyl halides is 3. The van der Waals surface area contributed by atoms with Gasteiger partial charge in [0.1, 0.15) is 11.9 Å². The molecule has 5 aromatic rings. The third kappa shape index (κ3) is 7.54. The molecule has 1 unspecified atom stereocenters. The van der Waals surface area contributed by atoms with Crippen LogP contribution in [0.1, 0.15) is 42.3 Å². The maximum absolute atomic E-state index is 13.2. The Hall–Kier alpha value is -4.58. The van der Waals surface area contributed by atoms with E-state index in [1.807, 2.05) is 42.0 Å². The molecule has 1 aliphatic heterocycles. The standard InChI is InChI=1S/C36H29Cl2F3N4O3S/c1-2-4-33-35(46)43-49(47,48)45(33)29-15-9-24(10-16-29)21-44-22-32(30-17-14-28(37)20-31(30)38)42-34(44)18-11-23-7-12-25(13-8-23)26-5-3-6-27(19-26)36(39,40)41/h3,5-20,22,33H,2,4,21H2,1H3,(H,43,46). The zero-order valence-corrected chi connectivity index (χ0v) is 28.3. The molecule has 1 N–H and O–H groups in total. The van der Waals surface area contributed by atoms with Crippen LogP contribution in [-0.2, 0) is 27.7 Å². The fourth-order valence-corrected chi connectivity index (χ4v) is 7.58. The molecule has 13 heteroatoms. The summed E-state index contributed by atoms with van der Waals surface area (Å²) in [5, 5.41) is 0.916. The summed E-state index contributed by atoms with van der Waals surface area (Å²) in [6.45, 7) is 2.26. The van der Waals surface area contributed by atoms with Gasteiger partial charge < -0.3 is 4.57 Å². The van der Waals surface area contributed by atoms with Crippen molar-refractivity contribution in [1.82, 2.24) is 14.3 Å². The Labute approximate surface area is 291 Å². The Morgan fingerprint density at radius 2 is 1.65 bits per heavy atom. The highest BCUT2D eigenvalue weighted by Gasteiger charge is 2.43. The summed E-state index contributed by atoms with van der Waals surface area (Å²) in [4.78, 5) is 17.2. The molecule has 0 spiro atoms. The zero-order valence-electron chi connectivity index (χ0n) is 26.0. The van der Waals surface area contributed by atoms with Gasteiger partial charge in [-0.3, -0.25) is 4.79 Å². The van der Waals surface area contributed by atoms with Gasteiger partial charge in [0.05, 0.1) is 22.0 Å². The van der Waals surface area contributed by atoms with E-state index in [2.05, 4.69) is 4.72 Å². The lowest BCUT2D eigenvalue weighted by Crippen LogP contribution is -2.35. The Morgan fingerprint density at radius 1 is 0.918 bits per heavy atom. The van der Waals surface area contributed by atoms with Crippen LogP contribution in [0.3, 0.4) is 0 Å². The normalized spacial score (nSPS) is 16.0. The second-order valence-electron chi connectivity index (χ2n) is 11.5. The van der Waals surface area contributed by atoms with E-state index in [4.69, 9.17) is 28.2 Å². The molecule has 1 aliphatic rings. The quantitative estimate of drug-likeness (QED) is 0.164. The summed E-state index contributed by atoms with van der Waals surface area (Å²) in [6, 6.07) is 23.6. The van der Waals surface area contributed by atoms with Crippen LogP contribution in [-0.4, -0.2) is 29.9 Å². The number of carbonyl (C=O) groups is 1. The molecule has 1 saturated heterocycles. The number of rotatable bonds is 9. The fourth-order valence-electron chi connectivity index (χ4n) is 5.65. The van der Waals surface area contributed by atoms with Gasteiger partial charge in [-0.25, -0.2) is 14.0 Å². The molecule has 0 aliphatic carbocycles. The average molecular weight is 726 g/mol. The number of nitrogens with zero attached hydrogens (tertiary/aromatic N) is 3. The number of hydrogen-bond donors (Lipinski definition) is 1. The first-order valence-electron chi connectivity index (χ1n) is 15.3. The molecular weight excluding hydrogens is 696 g/mol. The van der Waals surface area contributed by atoms with Gasteiger partial charge in [-0.05, 0) is 77.2 Å². The number of imidazole rings is 1. The van der Waals surface area contributed by atoms with Gasteiger partial charge in [0, 0.05) is 23.3 Å². The Morgan fingerprint density at radius 3 is 2.33 bits per heavy atom. The van der Waals surface area contributed by atoms with Crippen molar-refractivity contribution in [1.29, 1.82) is 0 Å². The van der Waals surface area contributed by atoms with Gasteiger partial charge >= 0.3 is 16.4 Å². The Kier molecular flexibility index (Phi) is 9.61. The summed E-state index contributed by atoms with van der Waals surface area (Å²) < 4.78 is 70.2. The minimum absolute atomic E-state index is 0.370. The fraction of sp³-hybridized carbons (Fsp3) is 0.167. The second-order valence-corrected chi connectivity index (χ2v) is 13.9. The van der Waals surface area contributed by atoms with Crippen molar-refractivity contribution in [3.8, 4) is 22.4 Å². The van der Waals surface area contributed by atoms with E-state index < -0.39 is 33.9 Å². The average Bonchev–Trinajstić information content (AvgIpc) is 3.55. The van der Waals surface area contributed by atoms with Crippen molar-refractivity contribution >= 4 is 57.2 Å². The van der Waals surface area contributed by atoms with E-state index >= 15 is 0 Å². The van der Waals surface area contributed by atoms with Crippen molar-refractivity contribution < 1.29 is 26.4 Å². The van der Waals surface area contributed by atoms with Gasteiger partial charge in [0.2, 0.25) is 0 Å². The number of nitrogens with one attached hydrogen (secondary N) is 1. The van der Waals surface area contributed by atoms with E-state index in [1.165, 1.54) is 6.07 Å². The molecule has 1 aromatic heterocycles. The number of amides is 1. The van der Waals surface area contributed by atoms with E-state index in [0.717, 1.165) is 27.6 Å². The smallest absolute Gasteiger partial charge is 0.326 e. The lowest BCUT2D eigenvalue weighted by atomic mass is 10.0. The molecule has 1 amide bonds. The molecule has 49 heavy (non-hydrogen) atoms. The summed E-state index contributed by atoms with van der Waals surface area (Å²) in [5.41, 5.74) is 3.72. The number of benzene rings is 4. The topological polar surface area (TPSA) is 84.3 Å². The van der Waals surface area contributed by atoms with Gasteiger partial charge in [0.25, 0.3) is 5.91 Å². The molecular formula is C36H29Cl2F3N4O3S. The van der Waals surface area contributed by atoms with E-state index in [0.29, 0.717) is 63.3 Å². The van der Waals surface area contributed by atoms with Crippen LogP contribution in [0.25, 0.3) is 34.5 Å². The first-order chi connectivity index (χ1) is 23.3. The Balaban J connectivity index is 1.28. The van der Waals surface area contributed by atoms with Crippen LogP contribution in [0, 0.1) is 0 Å². The van der Waals surface area contributed by atoms with Gasteiger partial charge in [0.15, 0.2) is 0 Å². The number of aromatic nitrogens is 2. The summed E-state index contributed by atoms with van der Waals surface area (Å²) in [7, 11) is -3.99. The molecule has 4 aromatic carbocycles. The molecule has 0 saturated carbocycles. The molecule has 252 valence electrons. The highest BCUT2D eigenvalue weighted by atomic mass is 35.5. The number of anilines is 1. The minimum atomic E-state index is -4.43. The van der Waals surface area contributed by atoms with Crippen LogP contribution in [0.15, 0.2) is 97.2 Å². The van der Waals surface area contributed by atoms with E-state index in [-0.39, 0.29) is 0 Å². The van der Waals surface area contributed by atoms with Gasteiger partial charge in [-0.1, -0.05) is 91.2 Å². The monoisotopic (exact) mass is 724 g/mol. The predicted molar refractivity (Wildman–Crippen MR) is 187 cm³/mol. The highest BCUT2D eigenvalue weighted by molar-refractivity contribution is 7.92. The summed E-state index contributed by atoms with van der Waals surface area (Å²) >= 11 is 12.6. The predicted octanol–water partition coefficient (Wildman–Crippen LogP) is 9.11. The van der Waals surface area contributed by atoms with Crippen LogP contribution >= 0.6 is 23.2 Å². The first-order valence-corrected chi connectivity index (χ1v) is 17.5. The number of hydrogen-bond acceptors (Lipinski definition) is 4. The third-order valence-electron chi connectivity index (χ3n) is 8.05. The van der Waals surface area contributed by atoms with Crippen LogP contribution in [0.5, 0.6) is 0 Å².